The lowest BCUT2D eigenvalue weighted by molar-refractivity contribution is -0.149. The van der Waals surface area contributed by atoms with Gasteiger partial charge in [0.15, 0.2) is 11.5 Å². The first-order valence-corrected chi connectivity index (χ1v) is 7.52. The van der Waals surface area contributed by atoms with Crippen molar-refractivity contribution in [3.63, 3.8) is 0 Å². The van der Waals surface area contributed by atoms with E-state index in [0.29, 0.717) is 12.5 Å². The van der Waals surface area contributed by atoms with E-state index in [9.17, 15) is 9.90 Å². The zero-order chi connectivity index (χ0) is 14.4. The lowest BCUT2D eigenvalue weighted by Gasteiger charge is -2.23. The fourth-order valence-electron chi connectivity index (χ4n) is 4.22. The first-order chi connectivity index (χ1) is 10.2. The summed E-state index contributed by atoms with van der Waals surface area (Å²) in [6.45, 7) is 2.53. The van der Waals surface area contributed by atoms with Gasteiger partial charge in [0.25, 0.3) is 0 Å². The van der Waals surface area contributed by atoms with E-state index in [1.165, 1.54) is 0 Å². The minimum Gasteiger partial charge on any atom is -0.481 e. The van der Waals surface area contributed by atoms with Crippen molar-refractivity contribution in [3.05, 3.63) is 23.8 Å². The van der Waals surface area contributed by atoms with Crippen molar-refractivity contribution in [2.75, 3.05) is 19.9 Å². The number of ether oxygens (including phenoxy) is 2. The molecule has 0 bridgehead atoms. The molecule has 2 heterocycles. The van der Waals surface area contributed by atoms with E-state index in [2.05, 4.69) is 4.90 Å². The van der Waals surface area contributed by atoms with Crippen LogP contribution in [0.15, 0.2) is 18.2 Å². The van der Waals surface area contributed by atoms with Gasteiger partial charge in [-0.05, 0) is 24.8 Å². The maximum atomic E-state index is 11.7. The Morgan fingerprint density at radius 2 is 2.33 bits per heavy atom. The van der Waals surface area contributed by atoms with Crippen LogP contribution in [-0.4, -0.2) is 35.9 Å². The molecule has 1 aromatic carbocycles. The molecule has 1 N–H and O–H groups in total. The number of carbonyl (C=O) groups is 1. The van der Waals surface area contributed by atoms with Crippen molar-refractivity contribution in [1.29, 1.82) is 0 Å². The molecule has 1 saturated heterocycles. The van der Waals surface area contributed by atoms with E-state index < -0.39 is 11.4 Å². The Labute approximate surface area is 123 Å². The van der Waals surface area contributed by atoms with Crippen molar-refractivity contribution >= 4 is 5.97 Å². The first kappa shape index (κ1) is 13.0. The summed E-state index contributed by atoms with van der Waals surface area (Å²) < 4.78 is 10.9. The average molecular weight is 289 g/mol. The van der Waals surface area contributed by atoms with Crippen molar-refractivity contribution in [3.8, 4) is 11.5 Å². The van der Waals surface area contributed by atoms with Crippen LogP contribution in [0.1, 0.15) is 24.8 Å². The van der Waals surface area contributed by atoms with E-state index in [-0.39, 0.29) is 6.79 Å². The van der Waals surface area contributed by atoms with Crippen LogP contribution in [-0.2, 0) is 11.3 Å². The second-order valence-electron chi connectivity index (χ2n) is 6.37. The Morgan fingerprint density at radius 3 is 3.14 bits per heavy atom. The summed E-state index contributed by atoms with van der Waals surface area (Å²) in [6.07, 6.45) is 2.90. The van der Waals surface area contributed by atoms with Gasteiger partial charge in [-0.1, -0.05) is 18.6 Å². The highest BCUT2D eigenvalue weighted by atomic mass is 16.7. The van der Waals surface area contributed by atoms with Crippen LogP contribution in [0, 0.1) is 11.3 Å². The first-order valence-electron chi connectivity index (χ1n) is 7.52. The molecular weight excluding hydrogens is 270 g/mol. The topological polar surface area (TPSA) is 59.0 Å². The predicted octanol–water partition coefficient (Wildman–Crippen LogP) is 2.10. The van der Waals surface area contributed by atoms with Crippen LogP contribution in [0.5, 0.6) is 11.5 Å². The molecule has 0 unspecified atom stereocenters. The summed E-state index contributed by atoms with van der Waals surface area (Å²) in [5.41, 5.74) is 0.570. The maximum absolute atomic E-state index is 11.7. The molecule has 2 atom stereocenters. The molecule has 5 nitrogen and oxygen atoms in total. The van der Waals surface area contributed by atoms with Crippen LogP contribution < -0.4 is 9.47 Å². The number of aliphatic carboxylic acids is 1. The smallest absolute Gasteiger partial charge is 0.311 e. The number of hydrogen-bond donors (Lipinski definition) is 1. The molecule has 0 aromatic heterocycles. The van der Waals surface area contributed by atoms with Crippen LogP contribution in [0.25, 0.3) is 0 Å². The molecule has 0 spiro atoms. The normalized spacial score (nSPS) is 30.6. The second kappa shape index (κ2) is 4.63. The molecule has 112 valence electrons. The Morgan fingerprint density at radius 1 is 1.43 bits per heavy atom. The van der Waals surface area contributed by atoms with E-state index in [1.54, 1.807) is 0 Å². The van der Waals surface area contributed by atoms with Crippen LogP contribution in [0.2, 0.25) is 0 Å². The van der Waals surface area contributed by atoms with Gasteiger partial charge in [0, 0.05) is 25.2 Å². The molecule has 4 rings (SSSR count). The van der Waals surface area contributed by atoms with Gasteiger partial charge in [0.1, 0.15) is 0 Å². The van der Waals surface area contributed by atoms with Gasteiger partial charge in [-0.15, -0.1) is 0 Å². The van der Waals surface area contributed by atoms with E-state index >= 15 is 0 Å². The number of carboxylic acids is 1. The number of rotatable bonds is 3. The van der Waals surface area contributed by atoms with Crippen molar-refractivity contribution < 1.29 is 19.4 Å². The third-order valence-corrected chi connectivity index (χ3v) is 5.24. The molecular formula is C16H19NO4. The highest BCUT2D eigenvalue weighted by Gasteiger charge is 2.54. The number of likely N-dealkylation sites (tertiary alicyclic amines) is 1. The Balaban J connectivity index is 1.55. The van der Waals surface area contributed by atoms with Crippen LogP contribution in [0.3, 0.4) is 0 Å². The van der Waals surface area contributed by atoms with Gasteiger partial charge in [-0.2, -0.15) is 0 Å². The number of para-hydroxylation sites is 1. The number of carboxylic acid groups (broad SMARTS) is 1. The molecule has 0 radical (unpaired) electrons. The fraction of sp³-hybridized carbons (Fsp3) is 0.562. The van der Waals surface area contributed by atoms with Crippen molar-refractivity contribution in [2.24, 2.45) is 11.3 Å². The monoisotopic (exact) mass is 289 g/mol. The summed E-state index contributed by atoms with van der Waals surface area (Å²) in [5, 5.41) is 9.64. The molecule has 21 heavy (non-hydrogen) atoms. The quantitative estimate of drug-likeness (QED) is 0.923. The van der Waals surface area contributed by atoms with Gasteiger partial charge in [-0.3, -0.25) is 9.69 Å². The fourth-order valence-corrected chi connectivity index (χ4v) is 4.22. The van der Waals surface area contributed by atoms with E-state index in [4.69, 9.17) is 9.47 Å². The maximum Gasteiger partial charge on any atom is 0.311 e. The molecule has 1 saturated carbocycles. The molecule has 1 aliphatic carbocycles. The van der Waals surface area contributed by atoms with Gasteiger partial charge < -0.3 is 14.6 Å². The van der Waals surface area contributed by atoms with E-state index in [1.807, 2.05) is 18.2 Å². The lowest BCUT2D eigenvalue weighted by Crippen LogP contribution is -2.35. The lowest BCUT2D eigenvalue weighted by atomic mass is 9.81. The molecule has 0 amide bonds. The van der Waals surface area contributed by atoms with Gasteiger partial charge >= 0.3 is 5.97 Å². The Kier molecular flexibility index (Phi) is 2.85. The summed E-state index contributed by atoms with van der Waals surface area (Å²) in [4.78, 5) is 14.0. The summed E-state index contributed by atoms with van der Waals surface area (Å²) >= 11 is 0. The summed E-state index contributed by atoms with van der Waals surface area (Å²) in [7, 11) is 0. The third kappa shape index (κ3) is 1.91. The second-order valence-corrected chi connectivity index (χ2v) is 6.37. The zero-order valence-electron chi connectivity index (χ0n) is 11.9. The highest BCUT2D eigenvalue weighted by Crippen LogP contribution is 2.49. The van der Waals surface area contributed by atoms with Gasteiger partial charge in [0.05, 0.1) is 5.41 Å². The third-order valence-electron chi connectivity index (χ3n) is 5.24. The predicted molar refractivity (Wildman–Crippen MR) is 75.3 cm³/mol. The largest absolute Gasteiger partial charge is 0.481 e. The summed E-state index contributed by atoms with van der Waals surface area (Å²) in [5.74, 6) is 1.29. The standard InChI is InChI=1S/C16H19NO4/c18-15(19)16-6-2-4-12(16)8-17(9-16)7-11-3-1-5-13-14(11)21-10-20-13/h1,3,5,12H,2,4,6-10H2,(H,18,19)/t12-,16+/m0/s1. The molecule has 2 fully saturated rings. The number of hydrogen-bond acceptors (Lipinski definition) is 4. The van der Waals surface area contributed by atoms with Crippen molar-refractivity contribution in [2.45, 2.75) is 25.8 Å². The Hall–Kier alpha value is -1.75. The van der Waals surface area contributed by atoms with Gasteiger partial charge in [0.2, 0.25) is 6.79 Å². The molecule has 5 heteroatoms. The van der Waals surface area contributed by atoms with Crippen LogP contribution >= 0.6 is 0 Å². The molecule has 3 aliphatic rings. The average Bonchev–Trinajstić information content (AvgIpc) is 3.11. The number of fused-ring (bicyclic) bond motifs is 2. The minimum absolute atomic E-state index is 0.272. The molecule has 2 aliphatic heterocycles. The number of benzene rings is 1. The van der Waals surface area contributed by atoms with Crippen LogP contribution in [0.4, 0.5) is 0 Å². The Bertz CT molecular complexity index is 588. The minimum atomic E-state index is -0.620. The van der Waals surface area contributed by atoms with Crippen molar-refractivity contribution in [1.82, 2.24) is 4.90 Å². The summed E-state index contributed by atoms with van der Waals surface area (Å²) in [6, 6.07) is 5.91. The zero-order valence-corrected chi connectivity index (χ0v) is 11.9. The SMILES string of the molecule is O=C(O)[C@@]12CCC[C@H]1CN(Cc1cccc3c1OCO3)C2. The van der Waals surface area contributed by atoms with E-state index in [0.717, 1.165) is 49.4 Å². The number of nitrogens with zero attached hydrogens (tertiary/aromatic N) is 1. The highest BCUT2D eigenvalue weighted by molar-refractivity contribution is 5.76. The molecule has 1 aromatic rings. The van der Waals surface area contributed by atoms with Gasteiger partial charge in [-0.25, -0.2) is 0 Å².